The summed E-state index contributed by atoms with van der Waals surface area (Å²) in [6.45, 7) is 2.29. The summed E-state index contributed by atoms with van der Waals surface area (Å²) in [5.41, 5.74) is 0. The summed E-state index contributed by atoms with van der Waals surface area (Å²) in [5, 5.41) is 0. The van der Waals surface area contributed by atoms with Crippen molar-refractivity contribution < 1.29 is 16.0 Å². The lowest BCUT2D eigenvalue weighted by Crippen LogP contribution is -2.31. The minimum absolute atomic E-state index is 0. The van der Waals surface area contributed by atoms with Crippen molar-refractivity contribution in [2.24, 2.45) is 23.7 Å². The smallest absolute Gasteiger partial charge is 0.171 e. The number of hydrogen-bond acceptors (Lipinski definition) is 0. The van der Waals surface area contributed by atoms with Gasteiger partial charge in [0, 0.05) is 2.85 Å². The molecular formula is C16H35F3. The van der Waals surface area contributed by atoms with Crippen LogP contribution in [-0.4, -0.2) is 6.18 Å². The van der Waals surface area contributed by atoms with Crippen molar-refractivity contribution in [3.8, 4) is 0 Å². The maximum absolute atomic E-state index is 12.6. The van der Waals surface area contributed by atoms with E-state index < -0.39 is 12.1 Å². The van der Waals surface area contributed by atoms with Crippen LogP contribution < -0.4 is 0 Å². The number of alkyl halides is 3. The Bertz CT molecular complexity index is 240. The average Bonchev–Trinajstić information content (AvgIpc) is 2.29. The molecule has 0 heterocycles. The first-order chi connectivity index (χ1) is 7.97. The van der Waals surface area contributed by atoms with Crippen molar-refractivity contribution >= 4 is 0 Å². The van der Waals surface area contributed by atoms with Gasteiger partial charge in [0.05, 0.1) is 5.92 Å². The molecule has 0 atom stereocenters. The highest BCUT2D eigenvalue weighted by Gasteiger charge is 2.42. The van der Waals surface area contributed by atoms with Crippen LogP contribution >= 0.6 is 0 Å². The van der Waals surface area contributed by atoms with E-state index in [1.165, 1.54) is 25.7 Å². The van der Waals surface area contributed by atoms with Gasteiger partial charge < -0.3 is 0 Å². The Kier molecular flexibility index (Phi) is 7.46. The van der Waals surface area contributed by atoms with Gasteiger partial charge in [0.1, 0.15) is 0 Å². The van der Waals surface area contributed by atoms with Crippen LogP contribution in [-0.2, 0) is 0 Å². The van der Waals surface area contributed by atoms with Crippen molar-refractivity contribution in [2.45, 2.75) is 79.3 Å². The minimum Gasteiger partial charge on any atom is -0.171 e. The van der Waals surface area contributed by atoms with E-state index in [1.54, 1.807) is 0 Å². The summed E-state index contributed by atoms with van der Waals surface area (Å²) < 4.78 is 37.7. The van der Waals surface area contributed by atoms with Gasteiger partial charge in [-0.3, -0.25) is 0 Å². The third kappa shape index (κ3) is 5.00. The second-order valence-corrected chi connectivity index (χ2v) is 6.17. The number of hydrogen-bond donors (Lipinski definition) is 0. The van der Waals surface area contributed by atoms with Crippen LogP contribution in [0.15, 0.2) is 0 Å². The molecule has 19 heavy (non-hydrogen) atoms. The maximum Gasteiger partial charge on any atom is 0.391 e. The van der Waals surface area contributed by atoms with E-state index >= 15 is 0 Å². The van der Waals surface area contributed by atoms with E-state index in [0.29, 0.717) is 18.8 Å². The monoisotopic (exact) mass is 284 g/mol. The summed E-state index contributed by atoms with van der Waals surface area (Å²) in [6, 6.07) is 0. The summed E-state index contributed by atoms with van der Waals surface area (Å²) in [7, 11) is 0. The summed E-state index contributed by atoms with van der Waals surface area (Å²) in [5.74, 6) is 1.13. The van der Waals surface area contributed by atoms with Crippen LogP contribution in [0.3, 0.4) is 0 Å². The minimum atomic E-state index is -3.95. The molecule has 2 aliphatic carbocycles. The van der Waals surface area contributed by atoms with Crippen LogP contribution in [0.4, 0.5) is 13.2 Å². The fourth-order valence-electron chi connectivity index (χ4n) is 3.68. The highest BCUT2D eigenvalue weighted by molar-refractivity contribution is 4.83. The molecule has 2 fully saturated rings. The molecule has 2 aliphatic rings. The molecule has 0 bridgehead atoms. The molecular weight excluding hydrogens is 249 g/mol. The van der Waals surface area contributed by atoms with E-state index in [4.69, 9.17) is 0 Å². The molecule has 0 saturated heterocycles. The van der Waals surface area contributed by atoms with Gasteiger partial charge >= 0.3 is 6.18 Å². The molecule has 0 aromatic heterocycles. The van der Waals surface area contributed by atoms with Gasteiger partial charge in [-0.05, 0) is 56.3 Å². The van der Waals surface area contributed by atoms with Crippen molar-refractivity contribution in [3.63, 3.8) is 0 Å². The Balaban J connectivity index is -0.000000810. The van der Waals surface area contributed by atoms with E-state index in [2.05, 4.69) is 6.92 Å². The van der Waals surface area contributed by atoms with Gasteiger partial charge in [0.15, 0.2) is 0 Å². The largest absolute Gasteiger partial charge is 0.391 e. The molecule has 120 valence electrons. The summed E-state index contributed by atoms with van der Waals surface area (Å²) >= 11 is 0. The first-order valence-corrected chi connectivity index (χ1v) is 7.03. The molecule has 0 radical (unpaired) electrons. The Morgan fingerprint density at radius 3 is 1.47 bits per heavy atom. The van der Waals surface area contributed by atoms with Crippen LogP contribution in [0.5, 0.6) is 0 Å². The van der Waals surface area contributed by atoms with Gasteiger partial charge in [-0.25, -0.2) is 0 Å². The topological polar surface area (TPSA) is 0 Å². The highest BCUT2D eigenvalue weighted by Crippen LogP contribution is 2.45. The standard InChI is InChI=1S/C14H23F3.2CH4.2H2/c1-10-2-4-11(5-3-10)12-6-8-13(9-7-12)14(15,16)17;;;;/h10-13H,2-9H2,1H3;2*1H4;2*1H. The van der Waals surface area contributed by atoms with Crippen molar-refractivity contribution in [1.82, 2.24) is 0 Å². The molecule has 2 saturated carbocycles. The lowest BCUT2D eigenvalue weighted by Gasteiger charge is -2.37. The van der Waals surface area contributed by atoms with Gasteiger partial charge in [-0.2, -0.15) is 13.2 Å². The molecule has 0 aromatic carbocycles. The van der Waals surface area contributed by atoms with E-state index in [0.717, 1.165) is 24.7 Å². The lowest BCUT2D eigenvalue weighted by molar-refractivity contribution is -0.185. The molecule has 0 unspecified atom stereocenters. The maximum atomic E-state index is 12.6. The summed E-state index contributed by atoms with van der Waals surface area (Å²) in [6.07, 6.45) is 3.48. The molecule has 0 nitrogen and oxygen atoms in total. The van der Waals surface area contributed by atoms with Crippen molar-refractivity contribution in [2.75, 3.05) is 0 Å². The van der Waals surface area contributed by atoms with Gasteiger partial charge in [-0.15, -0.1) is 0 Å². The zero-order valence-corrected chi connectivity index (χ0v) is 10.6. The van der Waals surface area contributed by atoms with Crippen LogP contribution in [0, 0.1) is 23.7 Å². The molecule has 0 N–H and O–H groups in total. The van der Waals surface area contributed by atoms with E-state index in [9.17, 15) is 13.2 Å². The van der Waals surface area contributed by atoms with Crippen molar-refractivity contribution in [1.29, 1.82) is 0 Å². The molecule has 0 spiro atoms. The lowest BCUT2D eigenvalue weighted by atomic mass is 9.69. The summed E-state index contributed by atoms with van der Waals surface area (Å²) in [4.78, 5) is 0. The van der Waals surface area contributed by atoms with Crippen LogP contribution in [0.1, 0.15) is 76.0 Å². The fourth-order valence-corrected chi connectivity index (χ4v) is 3.68. The quantitative estimate of drug-likeness (QED) is 0.489. The third-order valence-corrected chi connectivity index (χ3v) is 4.96. The Labute approximate surface area is 120 Å². The van der Waals surface area contributed by atoms with Gasteiger partial charge in [0.2, 0.25) is 0 Å². The first-order valence-electron chi connectivity index (χ1n) is 7.03. The molecule has 2 rings (SSSR count). The molecule has 0 amide bonds. The van der Waals surface area contributed by atoms with Crippen LogP contribution in [0.25, 0.3) is 0 Å². The number of halogens is 3. The van der Waals surface area contributed by atoms with Crippen molar-refractivity contribution in [3.05, 3.63) is 0 Å². The fraction of sp³-hybridized carbons (Fsp3) is 1.00. The number of rotatable bonds is 1. The predicted molar refractivity (Wildman–Crippen MR) is 80.3 cm³/mol. The Morgan fingerprint density at radius 2 is 1.11 bits per heavy atom. The molecule has 3 heteroatoms. The average molecular weight is 284 g/mol. The normalized spacial score (nSPS) is 36.0. The van der Waals surface area contributed by atoms with E-state index in [1.807, 2.05) is 0 Å². The SMILES string of the molecule is C.C.CC1CCC(C2CCC(C(F)(F)F)CC2)CC1.[HH].[HH]. The van der Waals surface area contributed by atoms with E-state index in [-0.39, 0.29) is 17.7 Å². The van der Waals surface area contributed by atoms with Crippen LogP contribution in [0.2, 0.25) is 0 Å². The molecule has 0 aliphatic heterocycles. The second kappa shape index (κ2) is 7.54. The zero-order valence-electron chi connectivity index (χ0n) is 10.6. The first kappa shape index (κ1) is 18.8. The third-order valence-electron chi connectivity index (χ3n) is 4.96. The Hall–Kier alpha value is -0.210. The predicted octanol–water partition coefficient (Wildman–Crippen LogP) is 6.95. The Morgan fingerprint density at radius 1 is 0.737 bits per heavy atom. The van der Waals surface area contributed by atoms with Gasteiger partial charge in [-0.1, -0.05) is 34.6 Å². The molecule has 0 aromatic rings. The van der Waals surface area contributed by atoms with Gasteiger partial charge in [0.25, 0.3) is 0 Å². The zero-order chi connectivity index (χ0) is 12.5. The highest BCUT2D eigenvalue weighted by atomic mass is 19.4. The second-order valence-electron chi connectivity index (χ2n) is 6.17.